The number of carbonyl (C=O) groups is 1. The van der Waals surface area contributed by atoms with E-state index in [1.54, 1.807) is 30.3 Å². The van der Waals surface area contributed by atoms with E-state index >= 15 is 0 Å². The lowest BCUT2D eigenvalue weighted by atomic mass is 10.2. The predicted molar refractivity (Wildman–Crippen MR) is 109 cm³/mol. The molecule has 1 heterocycles. The highest BCUT2D eigenvalue weighted by molar-refractivity contribution is 6.37. The lowest BCUT2D eigenvalue weighted by molar-refractivity contribution is -0.112. The number of nitrogens with zero attached hydrogens (tertiary/aromatic N) is 2. The molecule has 1 amide bonds. The predicted octanol–water partition coefficient (Wildman–Crippen LogP) is 5.98. The molecule has 0 aliphatic carbocycles. The number of nitrogens with one attached hydrogen (secondary N) is 1. The molecule has 0 saturated heterocycles. The standard InChI is InChI=1S/C20H12Cl3N3O/c21-14-3-6-16(7-4-14)26-9-1-2-17(26)10-13(12-24)20(27)25-19-8-5-15(22)11-18(19)23/h1-11H,(H,25,27)/b13-10-. The van der Waals surface area contributed by atoms with Gasteiger partial charge in [0.25, 0.3) is 5.91 Å². The third-order valence-electron chi connectivity index (χ3n) is 3.72. The van der Waals surface area contributed by atoms with Crippen LogP contribution in [0.4, 0.5) is 5.69 Å². The number of anilines is 1. The summed E-state index contributed by atoms with van der Waals surface area (Å²) in [6, 6.07) is 17.5. The van der Waals surface area contributed by atoms with Crippen LogP contribution in [0.1, 0.15) is 5.69 Å². The molecule has 3 aromatic rings. The van der Waals surface area contributed by atoms with Crippen LogP contribution in [-0.2, 0) is 4.79 Å². The Balaban J connectivity index is 1.89. The van der Waals surface area contributed by atoms with Gasteiger partial charge < -0.3 is 9.88 Å². The first kappa shape index (κ1) is 19.1. The average Bonchev–Trinajstić information content (AvgIpc) is 3.10. The van der Waals surface area contributed by atoms with E-state index in [2.05, 4.69) is 5.32 Å². The number of rotatable bonds is 4. The zero-order valence-corrected chi connectivity index (χ0v) is 16.1. The number of carbonyl (C=O) groups excluding carboxylic acids is 1. The Kier molecular flexibility index (Phi) is 5.88. The van der Waals surface area contributed by atoms with Gasteiger partial charge in [-0.15, -0.1) is 0 Å². The van der Waals surface area contributed by atoms with Crippen molar-refractivity contribution in [3.63, 3.8) is 0 Å². The van der Waals surface area contributed by atoms with Gasteiger partial charge in [-0.05, 0) is 60.7 Å². The molecule has 1 N–H and O–H groups in total. The Morgan fingerprint density at radius 1 is 1.04 bits per heavy atom. The molecule has 134 valence electrons. The second-order valence-electron chi connectivity index (χ2n) is 5.53. The van der Waals surface area contributed by atoms with Crippen molar-refractivity contribution in [2.24, 2.45) is 0 Å². The lowest BCUT2D eigenvalue weighted by Crippen LogP contribution is -2.14. The second kappa shape index (κ2) is 8.32. The number of amides is 1. The molecule has 0 atom stereocenters. The van der Waals surface area contributed by atoms with E-state index in [-0.39, 0.29) is 10.6 Å². The molecule has 0 bridgehead atoms. The number of aromatic nitrogens is 1. The van der Waals surface area contributed by atoms with Gasteiger partial charge in [-0.1, -0.05) is 34.8 Å². The highest BCUT2D eigenvalue weighted by atomic mass is 35.5. The van der Waals surface area contributed by atoms with Gasteiger partial charge in [0.2, 0.25) is 0 Å². The first-order chi connectivity index (χ1) is 13.0. The minimum atomic E-state index is -0.564. The van der Waals surface area contributed by atoms with Crippen molar-refractivity contribution in [3.8, 4) is 11.8 Å². The summed E-state index contributed by atoms with van der Waals surface area (Å²) in [6.45, 7) is 0. The van der Waals surface area contributed by atoms with Crippen LogP contribution in [0.15, 0.2) is 66.4 Å². The average molecular weight is 417 g/mol. The Bertz CT molecular complexity index is 1060. The van der Waals surface area contributed by atoms with Gasteiger partial charge in [0, 0.05) is 27.6 Å². The van der Waals surface area contributed by atoms with Crippen molar-refractivity contribution in [2.45, 2.75) is 0 Å². The van der Waals surface area contributed by atoms with Crippen LogP contribution >= 0.6 is 34.8 Å². The zero-order chi connectivity index (χ0) is 19.4. The topological polar surface area (TPSA) is 57.8 Å². The summed E-state index contributed by atoms with van der Waals surface area (Å²) in [5, 5.41) is 13.4. The maximum atomic E-state index is 12.5. The van der Waals surface area contributed by atoms with Crippen LogP contribution in [0, 0.1) is 11.3 Å². The van der Waals surface area contributed by atoms with E-state index in [1.165, 1.54) is 12.1 Å². The number of nitriles is 1. The van der Waals surface area contributed by atoms with Crippen LogP contribution in [0.5, 0.6) is 0 Å². The molecule has 1 aromatic heterocycles. The molecule has 0 aliphatic heterocycles. The lowest BCUT2D eigenvalue weighted by Gasteiger charge is -2.09. The molecule has 3 rings (SSSR count). The fourth-order valence-electron chi connectivity index (χ4n) is 2.43. The van der Waals surface area contributed by atoms with Crippen molar-refractivity contribution < 1.29 is 4.79 Å². The van der Waals surface area contributed by atoms with E-state index in [9.17, 15) is 10.1 Å². The molecular formula is C20H12Cl3N3O. The van der Waals surface area contributed by atoms with Gasteiger partial charge in [-0.25, -0.2) is 0 Å². The minimum absolute atomic E-state index is 0.0602. The molecule has 7 heteroatoms. The molecule has 2 aromatic carbocycles. The third kappa shape index (κ3) is 4.53. The van der Waals surface area contributed by atoms with Gasteiger partial charge in [-0.2, -0.15) is 5.26 Å². The van der Waals surface area contributed by atoms with E-state index in [0.29, 0.717) is 21.4 Å². The number of hydrogen-bond acceptors (Lipinski definition) is 2. The van der Waals surface area contributed by atoms with E-state index in [1.807, 2.05) is 35.0 Å². The van der Waals surface area contributed by atoms with Crippen LogP contribution in [0.3, 0.4) is 0 Å². The molecule has 0 radical (unpaired) electrons. The smallest absolute Gasteiger partial charge is 0.266 e. The Morgan fingerprint density at radius 3 is 2.41 bits per heavy atom. The largest absolute Gasteiger partial charge is 0.320 e. The summed E-state index contributed by atoms with van der Waals surface area (Å²) >= 11 is 17.8. The molecular weight excluding hydrogens is 405 g/mol. The molecule has 0 saturated carbocycles. The van der Waals surface area contributed by atoms with Crippen molar-refractivity contribution in [3.05, 3.63) is 87.1 Å². The zero-order valence-electron chi connectivity index (χ0n) is 13.8. The van der Waals surface area contributed by atoms with Gasteiger partial charge in [0.1, 0.15) is 11.6 Å². The maximum absolute atomic E-state index is 12.5. The van der Waals surface area contributed by atoms with Crippen molar-refractivity contribution in [2.75, 3.05) is 5.32 Å². The Morgan fingerprint density at radius 2 is 1.74 bits per heavy atom. The van der Waals surface area contributed by atoms with Gasteiger partial charge >= 0.3 is 0 Å². The van der Waals surface area contributed by atoms with Gasteiger partial charge in [0.15, 0.2) is 0 Å². The number of benzene rings is 2. The molecule has 0 fully saturated rings. The van der Waals surface area contributed by atoms with Crippen molar-refractivity contribution >= 4 is 52.5 Å². The SMILES string of the molecule is N#C/C(=C/c1cccn1-c1ccc(Cl)cc1)C(=O)Nc1ccc(Cl)cc1Cl. The molecule has 27 heavy (non-hydrogen) atoms. The first-order valence-electron chi connectivity index (χ1n) is 7.79. The van der Waals surface area contributed by atoms with Crippen molar-refractivity contribution in [1.82, 2.24) is 4.57 Å². The molecule has 4 nitrogen and oxygen atoms in total. The normalized spacial score (nSPS) is 11.1. The molecule has 0 unspecified atom stereocenters. The highest BCUT2D eigenvalue weighted by Crippen LogP contribution is 2.26. The van der Waals surface area contributed by atoms with E-state index < -0.39 is 5.91 Å². The maximum Gasteiger partial charge on any atom is 0.266 e. The number of hydrogen-bond donors (Lipinski definition) is 1. The second-order valence-corrected chi connectivity index (χ2v) is 6.81. The van der Waals surface area contributed by atoms with Gasteiger partial charge in [-0.3, -0.25) is 4.79 Å². The highest BCUT2D eigenvalue weighted by Gasteiger charge is 2.13. The van der Waals surface area contributed by atoms with Crippen LogP contribution in [0.25, 0.3) is 11.8 Å². The summed E-state index contributed by atoms with van der Waals surface area (Å²) in [6.07, 6.45) is 3.34. The van der Waals surface area contributed by atoms with E-state index in [4.69, 9.17) is 34.8 Å². The van der Waals surface area contributed by atoms with Crippen LogP contribution in [-0.4, -0.2) is 10.5 Å². The minimum Gasteiger partial charge on any atom is -0.320 e. The summed E-state index contributed by atoms with van der Waals surface area (Å²) in [5.74, 6) is -0.564. The summed E-state index contributed by atoms with van der Waals surface area (Å²) in [4.78, 5) is 12.5. The fraction of sp³-hybridized carbons (Fsp3) is 0. The first-order valence-corrected chi connectivity index (χ1v) is 8.93. The Labute approximate surface area is 171 Å². The van der Waals surface area contributed by atoms with E-state index in [0.717, 1.165) is 5.69 Å². The summed E-state index contributed by atoms with van der Waals surface area (Å²) in [5.41, 5.74) is 1.84. The third-order valence-corrected chi connectivity index (χ3v) is 4.52. The fourth-order valence-corrected chi connectivity index (χ4v) is 3.01. The molecule has 0 aliphatic rings. The van der Waals surface area contributed by atoms with Crippen LogP contribution in [0.2, 0.25) is 15.1 Å². The quantitative estimate of drug-likeness (QED) is 0.420. The molecule has 0 spiro atoms. The number of halogens is 3. The van der Waals surface area contributed by atoms with Crippen LogP contribution < -0.4 is 5.32 Å². The van der Waals surface area contributed by atoms with Gasteiger partial charge in [0.05, 0.1) is 10.7 Å². The summed E-state index contributed by atoms with van der Waals surface area (Å²) < 4.78 is 1.84. The summed E-state index contributed by atoms with van der Waals surface area (Å²) in [7, 11) is 0. The van der Waals surface area contributed by atoms with Crippen molar-refractivity contribution in [1.29, 1.82) is 5.26 Å². The Hall–Kier alpha value is -2.71. The monoisotopic (exact) mass is 415 g/mol.